The van der Waals surface area contributed by atoms with Gasteiger partial charge in [0.1, 0.15) is 17.3 Å². The van der Waals surface area contributed by atoms with Crippen LogP contribution in [-0.2, 0) is 16.2 Å². The van der Waals surface area contributed by atoms with Crippen LogP contribution in [0.1, 0.15) is 102 Å². The van der Waals surface area contributed by atoms with Crippen LogP contribution in [0, 0.1) is 13.2 Å². The largest absolute Gasteiger partial charge is 0.458 e. The van der Waals surface area contributed by atoms with Gasteiger partial charge in [-0.2, -0.15) is 0 Å². The average Bonchev–Trinajstić information content (AvgIpc) is 2.47. The highest BCUT2D eigenvalue weighted by molar-refractivity contribution is 6.09. The van der Waals surface area contributed by atoms with Crippen LogP contribution < -0.4 is 9.30 Å². The quantitative estimate of drug-likeness (QED) is 0.112. The Morgan fingerprint density at radius 3 is 1.88 bits per heavy atom. The molecule has 11 rings (SSSR count). The van der Waals surface area contributed by atoms with Gasteiger partial charge in [0.15, 0.2) is 0 Å². The number of pyridine rings is 1. The summed E-state index contributed by atoms with van der Waals surface area (Å²) in [5.41, 5.74) is 8.55. The maximum Gasteiger partial charge on any atom is 0.269 e. The lowest BCUT2D eigenvalue weighted by atomic mass is 9.76. The van der Waals surface area contributed by atoms with E-state index < -0.39 is 66.0 Å². The predicted octanol–water partition coefficient (Wildman–Crippen LogP) is 17.2. The van der Waals surface area contributed by atoms with Crippen molar-refractivity contribution in [2.75, 3.05) is 0 Å². The van der Waals surface area contributed by atoms with Crippen LogP contribution in [0.4, 0.5) is 0 Å². The first-order chi connectivity index (χ1) is 39.8. The molecule has 0 N–H and O–H groups in total. The second-order valence-electron chi connectivity index (χ2n) is 21.4. The highest BCUT2D eigenvalue weighted by Crippen LogP contribution is 2.41. The van der Waals surface area contributed by atoms with E-state index in [9.17, 15) is 0 Å². The highest BCUT2D eigenvalue weighted by Gasteiger charge is 2.30. The van der Waals surface area contributed by atoms with E-state index in [-0.39, 0.29) is 45.6 Å². The number of nitrogens with zero attached hydrogens (tertiary/aromatic N) is 4. The average molecular weight is 952 g/mol. The number of rotatable bonds is 8. The Balaban J connectivity index is 1.08. The Hall–Kier alpha value is -8.02. The summed E-state index contributed by atoms with van der Waals surface area (Å²) in [6, 6.07) is 36.7. The summed E-state index contributed by atoms with van der Waals surface area (Å²) >= 11 is 0. The molecule has 0 radical (unpaired) electrons. The van der Waals surface area contributed by atoms with Gasteiger partial charge in [-0.25, -0.2) is 4.98 Å². The van der Waals surface area contributed by atoms with E-state index in [1.807, 2.05) is 88.0 Å². The number of benzene rings is 8. The third-order valence-corrected chi connectivity index (χ3v) is 13.3. The molecule has 8 aromatic carbocycles. The lowest BCUT2D eigenvalue weighted by Crippen LogP contribution is -2.37. The van der Waals surface area contributed by atoms with E-state index in [0.29, 0.717) is 22.6 Å². The molecule has 5 nitrogen and oxygen atoms in total. The minimum Gasteiger partial charge on any atom is -0.458 e. The van der Waals surface area contributed by atoms with Crippen molar-refractivity contribution in [3.8, 4) is 62.1 Å². The molecule has 72 heavy (non-hydrogen) atoms. The summed E-state index contributed by atoms with van der Waals surface area (Å²) in [6.45, 7) is 16.4. The van der Waals surface area contributed by atoms with E-state index >= 15 is 0 Å². The van der Waals surface area contributed by atoms with E-state index in [1.54, 1.807) is 0 Å². The van der Waals surface area contributed by atoms with Crippen LogP contribution in [-0.4, -0.2) is 14.1 Å². The second-order valence-corrected chi connectivity index (χ2v) is 21.4. The molecule has 0 aliphatic heterocycles. The van der Waals surface area contributed by atoms with E-state index in [2.05, 4.69) is 116 Å². The number of ether oxygens (including phenoxy) is 1. The first kappa shape index (κ1) is 33.5. The number of para-hydroxylation sites is 1. The van der Waals surface area contributed by atoms with Crippen LogP contribution in [0.3, 0.4) is 0 Å². The van der Waals surface area contributed by atoms with Gasteiger partial charge in [-0.1, -0.05) is 196 Å². The molecular formula is C67H62N4O. The molecule has 0 bridgehead atoms. The molecule has 0 unspecified atom stereocenters. The first-order valence-electron chi connectivity index (χ1n) is 30.6. The number of fused-ring (bicyclic) bond motifs is 4. The topological polar surface area (TPSA) is 35.9 Å². The maximum atomic E-state index is 9.02. The van der Waals surface area contributed by atoms with Crippen LogP contribution in [0.25, 0.3) is 83.4 Å². The van der Waals surface area contributed by atoms with Crippen LogP contribution in [0.2, 0.25) is 0 Å². The van der Waals surface area contributed by atoms with Crippen molar-refractivity contribution in [1.29, 1.82) is 0 Å². The molecule has 0 aliphatic rings. The number of aromatic nitrogens is 4. The summed E-state index contributed by atoms with van der Waals surface area (Å²) < 4.78 is 124. The van der Waals surface area contributed by atoms with Crippen molar-refractivity contribution in [3.63, 3.8) is 0 Å². The summed E-state index contributed by atoms with van der Waals surface area (Å²) in [4.78, 5) is 4.75. The zero-order valence-electron chi connectivity index (χ0n) is 54.9. The van der Waals surface area contributed by atoms with Crippen LogP contribution in [0.5, 0.6) is 11.5 Å². The standard InChI is InChI=1S/C67H62N4O/c1-44-36-63(68-42-56(44)47-22-15-12-16-23-47)71-59-27-18-17-26-54(59)55-34-33-53(41-61(55)71)72-52-25-19-24-51(40-52)69-43-70(60-35-30-48(39-62(60)69)46-28-31-50(32-29-46)65(2,3)4)64-57(66(5,6)7)37-49(38-58(64)67(8,9)10)45-20-13-11-14-21-45/h11-42H,1-10H3/i1D3,11D,12D,13D,14D,15D,16D,20D,21D,22D,23D. The van der Waals surface area contributed by atoms with Gasteiger partial charge in [0, 0.05) is 32.7 Å². The zero-order chi connectivity index (χ0) is 61.3. The van der Waals surface area contributed by atoms with Crippen molar-refractivity contribution in [2.45, 2.75) is 85.4 Å². The van der Waals surface area contributed by atoms with E-state index in [4.69, 9.17) is 27.5 Å². The first-order valence-corrected chi connectivity index (χ1v) is 24.1. The molecule has 0 atom stereocenters. The summed E-state index contributed by atoms with van der Waals surface area (Å²) in [5, 5.41) is 1.69. The molecule has 5 heteroatoms. The zero-order valence-corrected chi connectivity index (χ0v) is 41.9. The number of aryl methyl sites for hydroxylation is 1. The van der Waals surface area contributed by atoms with Gasteiger partial charge in [-0.3, -0.25) is 13.7 Å². The predicted molar refractivity (Wildman–Crippen MR) is 299 cm³/mol. The van der Waals surface area contributed by atoms with Gasteiger partial charge in [-0.05, 0) is 122 Å². The lowest BCUT2D eigenvalue weighted by Gasteiger charge is -2.31. The van der Waals surface area contributed by atoms with Gasteiger partial charge in [0.25, 0.3) is 6.33 Å². The monoisotopic (exact) mass is 952 g/mol. The van der Waals surface area contributed by atoms with Crippen molar-refractivity contribution in [2.24, 2.45) is 0 Å². The molecule has 3 heterocycles. The summed E-state index contributed by atoms with van der Waals surface area (Å²) in [5.74, 6) is 1.19. The fourth-order valence-corrected chi connectivity index (χ4v) is 9.60. The number of hydrogen-bond acceptors (Lipinski definition) is 2. The lowest BCUT2D eigenvalue weighted by molar-refractivity contribution is -0.574. The third-order valence-electron chi connectivity index (χ3n) is 13.3. The van der Waals surface area contributed by atoms with Crippen LogP contribution >= 0.6 is 0 Å². The van der Waals surface area contributed by atoms with Crippen molar-refractivity contribution in [3.05, 3.63) is 223 Å². The van der Waals surface area contributed by atoms with Gasteiger partial charge in [-0.15, -0.1) is 0 Å². The third kappa shape index (κ3) is 8.57. The smallest absolute Gasteiger partial charge is 0.269 e. The number of hydrogen-bond donors (Lipinski definition) is 0. The molecule has 0 aliphatic carbocycles. The Labute approximate surface area is 442 Å². The van der Waals surface area contributed by atoms with Gasteiger partial charge in [0.05, 0.1) is 47.1 Å². The SMILES string of the molecule is [2H]c1c([2H])c([2H])c(-c2cc(C(C)(C)C)c(-[n+]3[c-]n(-c4cccc(Oc5ccc6c7ccccc7n(-c7cc(C([2H])([2H])[2H])c(-c8c([2H])c([2H])c([2H])c([2H])c8[2H])cn7)c6c5)c4)c4cc(-c5ccc(C(C)(C)C)cc5)ccc43)c(C(C)(C)C)c2)c([2H])c1[2H]. The Morgan fingerprint density at radius 1 is 0.542 bits per heavy atom. The molecule has 0 amide bonds. The fraction of sp³-hybridized carbons (Fsp3) is 0.194. The van der Waals surface area contributed by atoms with E-state index in [1.165, 1.54) is 17.8 Å². The Bertz CT molecular complexity index is 4460. The van der Waals surface area contributed by atoms with Crippen LogP contribution in [0.15, 0.2) is 194 Å². The Kier molecular flexibility index (Phi) is 8.24. The van der Waals surface area contributed by atoms with E-state index in [0.717, 1.165) is 61.0 Å². The van der Waals surface area contributed by atoms with Gasteiger partial charge in [0.2, 0.25) is 0 Å². The minimum absolute atomic E-state index is 0.0412. The second kappa shape index (κ2) is 17.7. The minimum atomic E-state index is -2.78. The summed E-state index contributed by atoms with van der Waals surface area (Å²) in [7, 11) is 0. The molecule has 11 aromatic rings. The molecule has 356 valence electrons. The molecule has 0 spiro atoms. The normalized spacial score (nSPS) is 15.0. The number of imidazole rings is 1. The molecule has 0 fully saturated rings. The van der Waals surface area contributed by atoms with Crippen molar-refractivity contribution < 1.29 is 27.1 Å². The fourth-order valence-electron chi connectivity index (χ4n) is 9.60. The molecule has 3 aromatic heterocycles. The Morgan fingerprint density at radius 2 is 1.19 bits per heavy atom. The van der Waals surface area contributed by atoms with Crippen molar-refractivity contribution >= 4 is 32.8 Å². The summed E-state index contributed by atoms with van der Waals surface area (Å²) in [6.07, 6.45) is 5.05. The molecular weight excluding hydrogens is 877 g/mol. The maximum absolute atomic E-state index is 9.02. The van der Waals surface area contributed by atoms with Crippen molar-refractivity contribution in [1.82, 2.24) is 14.1 Å². The van der Waals surface area contributed by atoms with Gasteiger partial charge < -0.3 is 4.74 Å². The molecule has 0 saturated carbocycles. The van der Waals surface area contributed by atoms with Gasteiger partial charge >= 0.3 is 0 Å². The highest BCUT2D eigenvalue weighted by atomic mass is 16.5. The molecule has 0 saturated heterocycles.